The predicted molar refractivity (Wildman–Crippen MR) is 88.3 cm³/mol. The van der Waals surface area contributed by atoms with Gasteiger partial charge in [0.2, 0.25) is 0 Å². The van der Waals surface area contributed by atoms with Crippen molar-refractivity contribution in [3.63, 3.8) is 0 Å². The van der Waals surface area contributed by atoms with Crippen molar-refractivity contribution < 1.29 is 14.4 Å². The van der Waals surface area contributed by atoms with Crippen molar-refractivity contribution >= 4 is 23.9 Å². The maximum atomic E-state index is 10.4. The summed E-state index contributed by atoms with van der Waals surface area (Å²) in [5, 5.41) is 13.0. The van der Waals surface area contributed by atoms with Crippen molar-refractivity contribution in [1.82, 2.24) is 4.98 Å². The summed E-state index contributed by atoms with van der Waals surface area (Å²) in [4.78, 5) is 4.17. The molecule has 0 unspecified atom stereocenters. The minimum atomic E-state index is -0.720. The second kappa shape index (κ2) is 5.46. The number of rotatable bonds is 3. The molecule has 4 nitrogen and oxygen atoms in total. The van der Waals surface area contributed by atoms with Crippen molar-refractivity contribution in [2.75, 3.05) is 0 Å². The molecule has 1 aromatic heterocycles. The Morgan fingerprint density at radius 3 is 2.45 bits per heavy atom. The second-order valence-electron chi connectivity index (χ2n) is 6.53. The van der Waals surface area contributed by atoms with Gasteiger partial charge < -0.3 is 14.4 Å². The number of aliphatic hydroxyl groups is 1. The van der Waals surface area contributed by atoms with Crippen LogP contribution in [0.2, 0.25) is 0 Å². The Morgan fingerprint density at radius 1 is 1.18 bits per heavy atom. The first kappa shape index (κ1) is 15.7. The monoisotopic (exact) mass is 317 g/mol. The molecular formula is C16H20BNO3S. The Morgan fingerprint density at radius 2 is 1.86 bits per heavy atom. The summed E-state index contributed by atoms with van der Waals surface area (Å²) in [6.45, 7) is 8.12. The molecule has 116 valence electrons. The van der Waals surface area contributed by atoms with Gasteiger partial charge in [0.1, 0.15) is 11.1 Å². The van der Waals surface area contributed by atoms with E-state index in [0.29, 0.717) is 5.01 Å². The zero-order valence-corrected chi connectivity index (χ0v) is 14.1. The van der Waals surface area contributed by atoms with Crippen LogP contribution in [0.15, 0.2) is 35.8 Å². The van der Waals surface area contributed by atoms with Crippen molar-refractivity contribution in [2.24, 2.45) is 0 Å². The normalized spacial score (nSPS) is 21.0. The molecule has 3 rings (SSSR count). The third kappa shape index (κ3) is 2.72. The first-order valence-corrected chi connectivity index (χ1v) is 8.21. The van der Waals surface area contributed by atoms with Crippen LogP contribution in [0.1, 0.15) is 44.4 Å². The molecule has 0 radical (unpaired) electrons. The van der Waals surface area contributed by atoms with Gasteiger partial charge in [-0.2, -0.15) is 0 Å². The molecule has 0 spiro atoms. The molecule has 1 aliphatic rings. The Labute approximate surface area is 135 Å². The van der Waals surface area contributed by atoms with Gasteiger partial charge in [0.15, 0.2) is 0 Å². The average Bonchev–Trinajstić information content (AvgIpc) is 3.05. The van der Waals surface area contributed by atoms with Gasteiger partial charge >= 0.3 is 7.12 Å². The lowest BCUT2D eigenvalue weighted by molar-refractivity contribution is 0.00578. The first-order chi connectivity index (χ1) is 10.3. The van der Waals surface area contributed by atoms with Crippen LogP contribution in [-0.2, 0) is 9.31 Å². The lowest BCUT2D eigenvalue weighted by Gasteiger charge is -2.32. The number of hydrogen-bond acceptors (Lipinski definition) is 5. The maximum Gasteiger partial charge on any atom is 0.494 e. The van der Waals surface area contributed by atoms with Crippen LogP contribution in [0.25, 0.3) is 0 Å². The summed E-state index contributed by atoms with van der Waals surface area (Å²) in [6, 6.07) is 7.68. The fraction of sp³-hybridized carbons (Fsp3) is 0.438. The van der Waals surface area contributed by atoms with E-state index < -0.39 is 13.2 Å². The van der Waals surface area contributed by atoms with Crippen LogP contribution in [0.5, 0.6) is 0 Å². The Kier molecular flexibility index (Phi) is 3.89. The van der Waals surface area contributed by atoms with Gasteiger partial charge in [0.25, 0.3) is 0 Å². The minimum Gasteiger partial charge on any atom is -0.399 e. The SMILES string of the molecule is CC1(C)OB(c2cccc([C@@H](O)c3nccs3)c2)OC1(C)C. The summed E-state index contributed by atoms with van der Waals surface area (Å²) < 4.78 is 12.1. The topological polar surface area (TPSA) is 51.6 Å². The minimum absolute atomic E-state index is 0.373. The largest absolute Gasteiger partial charge is 0.494 e. The fourth-order valence-corrected chi connectivity index (χ4v) is 3.01. The summed E-state index contributed by atoms with van der Waals surface area (Å²) in [5.74, 6) is 0. The predicted octanol–water partition coefficient (Wildman–Crippen LogP) is 2.52. The molecular weight excluding hydrogens is 297 g/mol. The van der Waals surface area contributed by atoms with Crippen LogP contribution < -0.4 is 5.46 Å². The molecule has 6 heteroatoms. The van der Waals surface area contributed by atoms with Gasteiger partial charge in [-0.1, -0.05) is 24.3 Å². The number of benzene rings is 1. The van der Waals surface area contributed by atoms with Crippen LogP contribution in [0, 0.1) is 0 Å². The van der Waals surface area contributed by atoms with Crippen molar-refractivity contribution in [2.45, 2.75) is 45.0 Å². The van der Waals surface area contributed by atoms with Crippen LogP contribution >= 0.6 is 11.3 Å². The van der Waals surface area contributed by atoms with E-state index in [9.17, 15) is 5.11 Å². The molecule has 22 heavy (non-hydrogen) atoms. The Balaban J connectivity index is 1.87. The second-order valence-corrected chi connectivity index (χ2v) is 7.46. The molecule has 1 aliphatic heterocycles. The molecule has 2 aromatic rings. The smallest absolute Gasteiger partial charge is 0.399 e. The van der Waals surface area contributed by atoms with Crippen molar-refractivity contribution in [1.29, 1.82) is 0 Å². The Hall–Kier alpha value is -1.21. The van der Waals surface area contributed by atoms with E-state index in [1.54, 1.807) is 6.20 Å². The lowest BCUT2D eigenvalue weighted by Crippen LogP contribution is -2.41. The molecule has 1 aromatic carbocycles. The van der Waals surface area contributed by atoms with Crippen LogP contribution in [0.3, 0.4) is 0 Å². The van der Waals surface area contributed by atoms with Gasteiger partial charge in [-0.05, 0) is 38.7 Å². The van der Waals surface area contributed by atoms with Crippen LogP contribution in [-0.4, -0.2) is 28.4 Å². The summed E-state index contributed by atoms with van der Waals surface area (Å²) in [6.07, 6.45) is 0.976. The van der Waals surface area contributed by atoms with E-state index >= 15 is 0 Å². The summed E-state index contributed by atoms with van der Waals surface area (Å²) in [5.41, 5.74) is 0.956. The third-order valence-corrected chi connectivity index (χ3v) is 5.27. The molecule has 1 N–H and O–H groups in total. The highest BCUT2D eigenvalue weighted by Gasteiger charge is 2.51. The number of aliphatic hydroxyl groups excluding tert-OH is 1. The highest BCUT2D eigenvalue weighted by Crippen LogP contribution is 2.36. The Bertz CT molecular complexity index is 641. The fourth-order valence-electron chi connectivity index (χ4n) is 2.37. The van der Waals surface area contributed by atoms with Gasteiger partial charge in [0, 0.05) is 11.6 Å². The molecule has 2 heterocycles. The molecule has 1 atom stereocenters. The number of nitrogens with zero attached hydrogens (tertiary/aromatic N) is 1. The van der Waals surface area contributed by atoms with Gasteiger partial charge in [-0.15, -0.1) is 11.3 Å². The molecule has 1 saturated heterocycles. The summed E-state index contributed by atoms with van der Waals surface area (Å²) >= 11 is 1.44. The van der Waals surface area contributed by atoms with Crippen molar-refractivity contribution in [3.8, 4) is 0 Å². The van der Waals surface area contributed by atoms with E-state index in [4.69, 9.17) is 9.31 Å². The maximum absolute atomic E-state index is 10.4. The van der Waals surface area contributed by atoms with E-state index in [0.717, 1.165) is 11.0 Å². The van der Waals surface area contributed by atoms with Gasteiger partial charge in [-0.3, -0.25) is 0 Å². The van der Waals surface area contributed by atoms with Gasteiger partial charge in [-0.25, -0.2) is 4.98 Å². The zero-order valence-electron chi connectivity index (χ0n) is 13.2. The first-order valence-electron chi connectivity index (χ1n) is 7.33. The van der Waals surface area contributed by atoms with E-state index in [1.807, 2.05) is 57.3 Å². The number of hydrogen-bond donors (Lipinski definition) is 1. The number of aromatic nitrogens is 1. The zero-order chi connectivity index (χ0) is 16.0. The highest BCUT2D eigenvalue weighted by molar-refractivity contribution is 7.09. The molecule has 0 saturated carbocycles. The molecule has 1 fully saturated rings. The van der Waals surface area contributed by atoms with E-state index in [-0.39, 0.29) is 11.2 Å². The molecule has 0 aliphatic carbocycles. The van der Waals surface area contributed by atoms with E-state index in [2.05, 4.69) is 4.98 Å². The standard InChI is InChI=1S/C16H20BNO3S/c1-15(2)16(3,4)21-17(20-15)12-7-5-6-11(10-12)13(19)14-18-8-9-22-14/h5-10,13,19H,1-4H3/t13-/m1/s1. The van der Waals surface area contributed by atoms with Crippen LogP contribution in [0.4, 0.5) is 0 Å². The quantitative estimate of drug-likeness (QED) is 0.884. The molecule has 0 bridgehead atoms. The lowest BCUT2D eigenvalue weighted by atomic mass is 9.78. The highest BCUT2D eigenvalue weighted by atomic mass is 32.1. The summed E-state index contributed by atoms with van der Waals surface area (Å²) in [7, 11) is -0.423. The third-order valence-electron chi connectivity index (χ3n) is 4.44. The van der Waals surface area contributed by atoms with Gasteiger partial charge in [0.05, 0.1) is 11.2 Å². The van der Waals surface area contributed by atoms with Crippen molar-refractivity contribution in [3.05, 3.63) is 46.4 Å². The van der Waals surface area contributed by atoms with E-state index in [1.165, 1.54) is 11.3 Å². The molecule has 0 amide bonds. The number of thiazole rings is 1. The average molecular weight is 317 g/mol.